The van der Waals surface area contributed by atoms with E-state index >= 15 is 0 Å². The van der Waals surface area contributed by atoms with Crippen LogP contribution in [0.2, 0.25) is 0 Å². The Kier molecular flexibility index (Phi) is 5.71. The Labute approximate surface area is 159 Å². The molecule has 1 aromatic heterocycles. The van der Waals surface area contributed by atoms with Gasteiger partial charge in [0.15, 0.2) is 0 Å². The lowest BCUT2D eigenvalue weighted by Crippen LogP contribution is -2.41. The maximum atomic E-state index is 12.6. The van der Waals surface area contributed by atoms with Crippen molar-refractivity contribution in [2.75, 3.05) is 32.5 Å². The van der Waals surface area contributed by atoms with E-state index in [1.807, 2.05) is 6.07 Å². The molecule has 8 nitrogen and oxygen atoms in total. The highest BCUT2D eigenvalue weighted by molar-refractivity contribution is 7.89. The van der Waals surface area contributed by atoms with Gasteiger partial charge >= 0.3 is 6.03 Å². The van der Waals surface area contributed by atoms with Gasteiger partial charge in [-0.25, -0.2) is 27.5 Å². The molecule has 0 aliphatic carbocycles. The minimum Gasteiger partial charge on any atom is -0.324 e. The zero-order valence-corrected chi connectivity index (χ0v) is 16.2. The predicted molar refractivity (Wildman–Crippen MR) is 102 cm³/mol. The highest BCUT2D eigenvalue weighted by Crippen LogP contribution is 2.27. The molecule has 2 amide bonds. The molecular formula is C18H23N5O3S. The van der Waals surface area contributed by atoms with E-state index in [0.29, 0.717) is 19.0 Å². The Morgan fingerprint density at radius 3 is 2.52 bits per heavy atom. The van der Waals surface area contributed by atoms with Gasteiger partial charge in [-0.3, -0.25) is 0 Å². The number of amides is 2. The molecular weight excluding hydrogens is 366 g/mol. The number of carbonyl (C=O) groups is 1. The van der Waals surface area contributed by atoms with Crippen LogP contribution in [0.25, 0.3) is 0 Å². The number of benzene rings is 1. The maximum absolute atomic E-state index is 12.6. The number of likely N-dealkylation sites (tertiary alicyclic amines) is 1. The number of para-hydroxylation sites is 1. The summed E-state index contributed by atoms with van der Waals surface area (Å²) in [5.41, 5.74) is 1.28. The molecule has 1 fully saturated rings. The summed E-state index contributed by atoms with van der Waals surface area (Å²) in [6, 6.07) is 8.04. The van der Waals surface area contributed by atoms with Gasteiger partial charge in [0, 0.05) is 45.0 Å². The zero-order chi connectivity index (χ0) is 19.4. The number of rotatable bonds is 4. The van der Waals surface area contributed by atoms with Crippen LogP contribution >= 0.6 is 0 Å². The van der Waals surface area contributed by atoms with Crippen molar-refractivity contribution in [1.29, 1.82) is 0 Å². The number of sulfonamides is 1. The van der Waals surface area contributed by atoms with Crippen molar-refractivity contribution in [2.45, 2.75) is 23.7 Å². The molecule has 9 heteroatoms. The van der Waals surface area contributed by atoms with Crippen molar-refractivity contribution in [3.8, 4) is 0 Å². The molecule has 1 saturated heterocycles. The molecule has 27 heavy (non-hydrogen) atoms. The van der Waals surface area contributed by atoms with Gasteiger partial charge in [0.2, 0.25) is 10.0 Å². The molecule has 144 valence electrons. The number of piperidine rings is 1. The number of urea groups is 1. The molecule has 1 aliphatic heterocycles. The number of hydrogen-bond donors (Lipinski definition) is 1. The van der Waals surface area contributed by atoms with E-state index in [9.17, 15) is 13.2 Å². The first-order valence-electron chi connectivity index (χ1n) is 8.73. The SMILES string of the molecule is CN(C)S(=O)(=O)c1ccccc1NC(=O)N1CCC(c2ccncn2)CC1. The van der Waals surface area contributed by atoms with E-state index in [1.54, 1.807) is 29.3 Å². The highest BCUT2D eigenvalue weighted by Gasteiger charge is 2.26. The van der Waals surface area contributed by atoms with Crippen molar-refractivity contribution in [1.82, 2.24) is 19.2 Å². The van der Waals surface area contributed by atoms with Crippen LogP contribution in [0.5, 0.6) is 0 Å². The predicted octanol–water partition coefficient (Wildman–Crippen LogP) is 2.14. The van der Waals surface area contributed by atoms with Crippen molar-refractivity contribution in [3.05, 3.63) is 48.5 Å². The van der Waals surface area contributed by atoms with Gasteiger partial charge in [0.1, 0.15) is 11.2 Å². The largest absolute Gasteiger partial charge is 0.324 e. The van der Waals surface area contributed by atoms with Crippen molar-refractivity contribution in [2.24, 2.45) is 0 Å². The van der Waals surface area contributed by atoms with Crippen molar-refractivity contribution in [3.63, 3.8) is 0 Å². The van der Waals surface area contributed by atoms with Crippen LogP contribution in [0.15, 0.2) is 47.8 Å². The Morgan fingerprint density at radius 1 is 1.19 bits per heavy atom. The van der Waals surface area contributed by atoms with Gasteiger partial charge in [0.25, 0.3) is 0 Å². The maximum Gasteiger partial charge on any atom is 0.321 e. The lowest BCUT2D eigenvalue weighted by molar-refractivity contribution is 0.194. The molecule has 0 radical (unpaired) electrons. The minimum atomic E-state index is -3.64. The molecule has 0 spiro atoms. The number of aromatic nitrogens is 2. The van der Waals surface area contributed by atoms with Gasteiger partial charge in [-0.05, 0) is 31.0 Å². The normalized spacial score (nSPS) is 15.7. The average molecular weight is 389 g/mol. The van der Waals surface area contributed by atoms with Crippen LogP contribution in [-0.2, 0) is 10.0 Å². The van der Waals surface area contributed by atoms with Gasteiger partial charge < -0.3 is 10.2 Å². The summed E-state index contributed by atoms with van der Waals surface area (Å²) in [5, 5.41) is 2.75. The standard InChI is InChI=1S/C18H23N5O3S/c1-22(2)27(25,26)17-6-4-3-5-16(17)21-18(24)23-11-8-14(9-12-23)15-7-10-19-13-20-15/h3-7,10,13-14H,8-9,11-12H2,1-2H3,(H,21,24). The number of hydrogen-bond acceptors (Lipinski definition) is 5. The van der Waals surface area contributed by atoms with E-state index in [2.05, 4.69) is 15.3 Å². The van der Waals surface area contributed by atoms with Crippen LogP contribution in [0.3, 0.4) is 0 Å². The smallest absolute Gasteiger partial charge is 0.321 e. The van der Waals surface area contributed by atoms with Gasteiger partial charge in [0.05, 0.1) is 5.69 Å². The van der Waals surface area contributed by atoms with Crippen LogP contribution < -0.4 is 5.32 Å². The molecule has 0 saturated carbocycles. The molecule has 2 aromatic rings. The lowest BCUT2D eigenvalue weighted by Gasteiger charge is -2.32. The Morgan fingerprint density at radius 2 is 1.89 bits per heavy atom. The first-order valence-corrected chi connectivity index (χ1v) is 10.2. The topological polar surface area (TPSA) is 95.5 Å². The van der Waals surface area contributed by atoms with Crippen LogP contribution in [0, 0.1) is 0 Å². The molecule has 0 unspecified atom stereocenters. The molecule has 0 bridgehead atoms. The molecule has 0 atom stereocenters. The summed E-state index contributed by atoms with van der Waals surface area (Å²) < 4.78 is 26.0. The fraction of sp³-hybridized carbons (Fsp3) is 0.389. The number of nitrogens with zero attached hydrogens (tertiary/aromatic N) is 4. The van der Waals surface area contributed by atoms with Crippen LogP contribution in [0.1, 0.15) is 24.5 Å². The van der Waals surface area contributed by atoms with Crippen LogP contribution in [-0.4, -0.2) is 60.8 Å². The van der Waals surface area contributed by atoms with Gasteiger partial charge in [-0.2, -0.15) is 0 Å². The Balaban J connectivity index is 1.67. The van der Waals surface area contributed by atoms with E-state index in [1.165, 1.54) is 26.5 Å². The highest BCUT2D eigenvalue weighted by atomic mass is 32.2. The lowest BCUT2D eigenvalue weighted by atomic mass is 9.93. The summed E-state index contributed by atoms with van der Waals surface area (Å²) in [5.74, 6) is 0.304. The second-order valence-corrected chi connectivity index (χ2v) is 8.73. The summed E-state index contributed by atoms with van der Waals surface area (Å²) in [6.45, 7) is 1.17. The summed E-state index contributed by atoms with van der Waals surface area (Å²) >= 11 is 0. The molecule has 1 aromatic carbocycles. The van der Waals surface area contributed by atoms with E-state index in [4.69, 9.17) is 0 Å². The molecule has 1 N–H and O–H groups in total. The van der Waals surface area contributed by atoms with Crippen molar-refractivity contribution >= 4 is 21.7 Å². The zero-order valence-electron chi connectivity index (χ0n) is 15.4. The third kappa shape index (κ3) is 4.25. The monoisotopic (exact) mass is 389 g/mol. The average Bonchev–Trinajstić information content (AvgIpc) is 2.69. The quantitative estimate of drug-likeness (QED) is 0.864. The number of carbonyl (C=O) groups excluding carboxylic acids is 1. The number of anilines is 1. The first kappa shape index (κ1) is 19.2. The fourth-order valence-corrected chi connectivity index (χ4v) is 4.15. The molecule has 2 heterocycles. The second kappa shape index (κ2) is 8.01. The minimum absolute atomic E-state index is 0.0826. The summed E-state index contributed by atoms with van der Waals surface area (Å²) in [7, 11) is -0.715. The third-order valence-electron chi connectivity index (χ3n) is 4.69. The van der Waals surface area contributed by atoms with E-state index in [-0.39, 0.29) is 16.6 Å². The third-order valence-corrected chi connectivity index (χ3v) is 6.57. The Bertz CT molecular complexity index is 894. The molecule has 1 aliphatic rings. The Hall–Kier alpha value is -2.52. The summed E-state index contributed by atoms with van der Waals surface area (Å²) in [4.78, 5) is 22.7. The van der Waals surface area contributed by atoms with Gasteiger partial charge in [-0.1, -0.05) is 12.1 Å². The molecule has 3 rings (SSSR count). The number of nitrogens with one attached hydrogen (secondary N) is 1. The van der Waals surface area contributed by atoms with Gasteiger partial charge in [-0.15, -0.1) is 0 Å². The van der Waals surface area contributed by atoms with Crippen LogP contribution in [0.4, 0.5) is 10.5 Å². The van der Waals surface area contributed by atoms with Crippen molar-refractivity contribution < 1.29 is 13.2 Å². The first-order chi connectivity index (χ1) is 12.9. The van der Waals surface area contributed by atoms with E-state index < -0.39 is 10.0 Å². The summed E-state index contributed by atoms with van der Waals surface area (Å²) in [6.07, 6.45) is 4.88. The second-order valence-electron chi connectivity index (χ2n) is 6.61. The van der Waals surface area contributed by atoms with E-state index in [0.717, 1.165) is 22.8 Å². The fourth-order valence-electron chi connectivity index (χ4n) is 3.11.